The highest BCUT2D eigenvalue weighted by Gasteiger charge is 2.24. The summed E-state index contributed by atoms with van der Waals surface area (Å²) in [4.78, 5) is 10.4. The van der Waals surface area contributed by atoms with Crippen LogP contribution in [0.3, 0.4) is 0 Å². The number of carboxylic acid groups (broad SMARTS) is 1. The number of hydrogen-bond donors (Lipinski definition) is 3. The van der Waals surface area contributed by atoms with Crippen LogP contribution in [0.5, 0.6) is 0 Å². The summed E-state index contributed by atoms with van der Waals surface area (Å²) >= 11 is 0. The highest BCUT2D eigenvalue weighted by Crippen LogP contribution is 2.10. The number of nitrogens with zero attached hydrogens (tertiary/aromatic N) is 1. The van der Waals surface area contributed by atoms with Crippen LogP contribution in [0.2, 0.25) is 0 Å². The molecule has 0 fully saturated rings. The van der Waals surface area contributed by atoms with Crippen molar-refractivity contribution in [2.24, 2.45) is 0 Å². The maximum absolute atomic E-state index is 11.7. The van der Waals surface area contributed by atoms with Gasteiger partial charge in [-0.15, -0.1) is 0 Å². The first-order valence-electron chi connectivity index (χ1n) is 4.77. The lowest BCUT2D eigenvalue weighted by atomic mass is 10.2. The van der Waals surface area contributed by atoms with E-state index in [4.69, 9.17) is 15.5 Å². The molecule has 0 aliphatic carbocycles. The molecule has 0 heterocycles. The predicted molar refractivity (Wildman–Crippen MR) is 60.0 cm³/mol. The van der Waals surface area contributed by atoms with Crippen LogP contribution in [0.15, 0.2) is 29.2 Å². The molecule has 96 valence electrons. The molecule has 0 radical (unpaired) electrons. The maximum atomic E-state index is 11.7. The third-order valence-corrected chi connectivity index (χ3v) is 3.56. The summed E-state index contributed by atoms with van der Waals surface area (Å²) in [6, 6.07) is 5.17. The van der Waals surface area contributed by atoms with E-state index in [1.807, 2.05) is 10.8 Å². The zero-order valence-corrected chi connectivity index (χ0v) is 9.88. The van der Waals surface area contributed by atoms with E-state index in [1.54, 1.807) is 0 Å². The van der Waals surface area contributed by atoms with E-state index >= 15 is 0 Å². The lowest BCUT2D eigenvalue weighted by molar-refractivity contribution is -0.139. The van der Waals surface area contributed by atoms with Gasteiger partial charge in [0, 0.05) is 0 Å². The van der Waals surface area contributed by atoms with Crippen molar-refractivity contribution >= 4 is 16.0 Å². The van der Waals surface area contributed by atoms with Gasteiger partial charge < -0.3 is 10.2 Å². The zero-order chi connectivity index (χ0) is 13.8. The molecule has 0 spiro atoms. The number of nitriles is 1. The predicted octanol–water partition coefficient (Wildman–Crippen LogP) is -0.718. The van der Waals surface area contributed by atoms with Crippen LogP contribution in [0.1, 0.15) is 5.56 Å². The van der Waals surface area contributed by atoms with E-state index < -0.39 is 28.6 Å². The molecular weight excluding hydrogens is 260 g/mol. The van der Waals surface area contributed by atoms with Gasteiger partial charge in [0.05, 0.1) is 23.1 Å². The standard InChI is InChI=1S/C10H10N2O5S/c11-5-7-1-3-8(4-2-7)18(16,17)12-9(6-13)10(14)15/h1-4,9,12-13H,6H2,(H,14,15)/t9-/m0/s1. The maximum Gasteiger partial charge on any atom is 0.324 e. The van der Waals surface area contributed by atoms with Gasteiger partial charge in [0.2, 0.25) is 10.0 Å². The normalized spacial score (nSPS) is 12.7. The number of rotatable bonds is 5. The van der Waals surface area contributed by atoms with Crippen molar-refractivity contribution in [3.8, 4) is 6.07 Å². The number of nitrogens with one attached hydrogen (secondary N) is 1. The van der Waals surface area contributed by atoms with Crippen LogP contribution in [0.4, 0.5) is 0 Å². The Morgan fingerprint density at radius 2 is 1.94 bits per heavy atom. The van der Waals surface area contributed by atoms with E-state index in [9.17, 15) is 13.2 Å². The number of hydrogen-bond acceptors (Lipinski definition) is 5. The van der Waals surface area contributed by atoms with E-state index in [0.717, 1.165) is 0 Å². The highest BCUT2D eigenvalue weighted by atomic mass is 32.2. The smallest absolute Gasteiger partial charge is 0.324 e. The lowest BCUT2D eigenvalue weighted by Crippen LogP contribution is -2.43. The van der Waals surface area contributed by atoms with Gasteiger partial charge >= 0.3 is 5.97 Å². The van der Waals surface area contributed by atoms with Gasteiger partial charge in [-0.3, -0.25) is 4.79 Å². The fourth-order valence-corrected chi connectivity index (χ4v) is 2.31. The van der Waals surface area contributed by atoms with Gasteiger partial charge in [-0.05, 0) is 24.3 Å². The van der Waals surface area contributed by atoms with Gasteiger partial charge in [0.15, 0.2) is 0 Å². The molecule has 1 aromatic rings. The van der Waals surface area contributed by atoms with Crippen molar-refractivity contribution in [2.45, 2.75) is 10.9 Å². The van der Waals surface area contributed by atoms with Crippen molar-refractivity contribution < 1.29 is 23.4 Å². The van der Waals surface area contributed by atoms with Gasteiger partial charge in [0.1, 0.15) is 6.04 Å². The second-order valence-electron chi connectivity index (χ2n) is 3.33. The number of carboxylic acids is 1. The van der Waals surface area contributed by atoms with E-state index in [2.05, 4.69) is 0 Å². The van der Waals surface area contributed by atoms with Crippen LogP contribution in [-0.2, 0) is 14.8 Å². The minimum absolute atomic E-state index is 0.179. The van der Waals surface area contributed by atoms with Crippen molar-refractivity contribution in [3.63, 3.8) is 0 Å². The monoisotopic (exact) mass is 270 g/mol. The largest absolute Gasteiger partial charge is 0.480 e. The average Bonchev–Trinajstić information content (AvgIpc) is 2.35. The summed E-state index contributed by atoms with van der Waals surface area (Å²) in [7, 11) is -4.04. The first kappa shape index (κ1) is 14.1. The summed E-state index contributed by atoms with van der Waals surface area (Å²) in [5.74, 6) is -1.48. The van der Waals surface area contributed by atoms with E-state index in [1.165, 1.54) is 24.3 Å². The van der Waals surface area contributed by atoms with Crippen LogP contribution >= 0.6 is 0 Å². The molecule has 0 aliphatic rings. The van der Waals surface area contributed by atoms with Crippen LogP contribution in [-0.4, -0.2) is 37.2 Å². The van der Waals surface area contributed by atoms with Gasteiger partial charge in [-0.1, -0.05) is 0 Å². The fourth-order valence-electron chi connectivity index (χ4n) is 1.13. The van der Waals surface area contributed by atoms with E-state index in [0.29, 0.717) is 0 Å². The summed E-state index contributed by atoms with van der Waals surface area (Å²) < 4.78 is 25.3. The van der Waals surface area contributed by atoms with Crippen LogP contribution in [0.25, 0.3) is 0 Å². The molecule has 1 rings (SSSR count). The molecule has 1 aromatic carbocycles. The Kier molecular flexibility index (Phi) is 4.38. The Hall–Kier alpha value is -1.95. The molecular formula is C10H10N2O5S. The first-order valence-corrected chi connectivity index (χ1v) is 6.25. The Labute approximate surface area is 103 Å². The highest BCUT2D eigenvalue weighted by molar-refractivity contribution is 7.89. The molecule has 0 amide bonds. The average molecular weight is 270 g/mol. The van der Waals surface area contributed by atoms with E-state index in [-0.39, 0.29) is 10.5 Å². The summed E-state index contributed by atoms with van der Waals surface area (Å²) in [6.45, 7) is -0.856. The number of aliphatic hydroxyl groups excluding tert-OH is 1. The number of aliphatic carboxylic acids is 1. The number of benzene rings is 1. The molecule has 0 aliphatic heterocycles. The molecule has 0 saturated carbocycles. The molecule has 1 atom stereocenters. The summed E-state index contributed by atoms with van der Waals surface area (Å²) in [5, 5.41) is 25.9. The molecule has 7 nitrogen and oxygen atoms in total. The molecule has 3 N–H and O–H groups in total. The second kappa shape index (κ2) is 5.59. The zero-order valence-electron chi connectivity index (χ0n) is 9.07. The fraction of sp³-hybridized carbons (Fsp3) is 0.200. The molecule has 0 aromatic heterocycles. The van der Waals surface area contributed by atoms with Crippen LogP contribution < -0.4 is 4.72 Å². The topological polar surface area (TPSA) is 127 Å². The number of carbonyl (C=O) groups is 1. The van der Waals surface area contributed by atoms with Crippen molar-refractivity contribution in [1.82, 2.24) is 4.72 Å². The molecule has 0 unspecified atom stereocenters. The minimum atomic E-state index is -4.04. The van der Waals surface area contributed by atoms with Crippen molar-refractivity contribution in [2.75, 3.05) is 6.61 Å². The Morgan fingerprint density at radius 3 is 2.33 bits per heavy atom. The summed E-state index contributed by atoms with van der Waals surface area (Å²) in [6.07, 6.45) is 0. The molecule has 18 heavy (non-hydrogen) atoms. The third kappa shape index (κ3) is 3.27. The summed E-state index contributed by atoms with van der Waals surface area (Å²) in [5.41, 5.74) is 0.283. The lowest BCUT2D eigenvalue weighted by Gasteiger charge is -2.12. The molecule has 8 heteroatoms. The Morgan fingerprint density at radius 1 is 1.39 bits per heavy atom. The number of aliphatic hydroxyl groups is 1. The third-order valence-electron chi connectivity index (χ3n) is 2.07. The van der Waals surface area contributed by atoms with Crippen LogP contribution in [0, 0.1) is 11.3 Å². The molecule has 0 saturated heterocycles. The number of sulfonamides is 1. The minimum Gasteiger partial charge on any atom is -0.480 e. The van der Waals surface area contributed by atoms with Gasteiger partial charge in [0.25, 0.3) is 0 Å². The quantitative estimate of drug-likeness (QED) is 0.648. The van der Waals surface area contributed by atoms with Crippen molar-refractivity contribution in [3.05, 3.63) is 29.8 Å². The van der Waals surface area contributed by atoms with Gasteiger partial charge in [-0.2, -0.15) is 9.98 Å². The van der Waals surface area contributed by atoms with Gasteiger partial charge in [-0.25, -0.2) is 8.42 Å². The van der Waals surface area contributed by atoms with Crippen molar-refractivity contribution in [1.29, 1.82) is 5.26 Å². The Balaban J connectivity index is 2.99. The Bertz CT molecular complexity index is 573. The second-order valence-corrected chi connectivity index (χ2v) is 5.04. The SMILES string of the molecule is N#Cc1ccc(S(=O)(=O)N[C@@H](CO)C(=O)O)cc1. The first-order chi connectivity index (χ1) is 8.40. The molecule has 0 bridgehead atoms.